The second-order valence-corrected chi connectivity index (χ2v) is 6.17. The molecule has 0 aliphatic carbocycles. The van der Waals surface area contributed by atoms with Crippen molar-refractivity contribution in [3.8, 4) is 0 Å². The van der Waals surface area contributed by atoms with Crippen LogP contribution in [0.4, 0.5) is 5.69 Å². The van der Waals surface area contributed by atoms with Crippen LogP contribution in [0.5, 0.6) is 0 Å². The van der Waals surface area contributed by atoms with E-state index in [9.17, 15) is 9.59 Å². The van der Waals surface area contributed by atoms with E-state index in [-0.39, 0.29) is 17.3 Å². The van der Waals surface area contributed by atoms with Gasteiger partial charge in [0.05, 0.1) is 6.54 Å². The highest BCUT2D eigenvalue weighted by Gasteiger charge is 2.37. The van der Waals surface area contributed by atoms with Gasteiger partial charge in [0.15, 0.2) is 0 Å². The molecule has 2 aromatic carbocycles. The third-order valence-electron chi connectivity index (χ3n) is 4.07. The van der Waals surface area contributed by atoms with E-state index in [4.69, 9.17) is 11.6 Å². The number of aryl methyl sites for hydroxylation is 2. The normalized spacial score (nSPS) is 14.5. The minimum absolute atomic E-state index is 0.0749. The van der Waals surface area contributed by atoms with Crippen molar-refractivity contribution in [2.45, 2.75) is 20.4 Å². The van der Waals surface area contributed by atoms with E-state index < -0.39 is 11.8 Å². The molecular weight excluding hydrogens is 324 g/mol. The Morgan fingerprint density at radius 3 is 2.33 bits per heavy atom. The Bertz CT molecular complexity index is 844. The molecule has 24 heavy (non-hydrogen) atoms. The molecular formula is C19H17ClN2O2. The summed E-state index contributed by atoms with van der Waals surface area (Å²) in [5.74, 6) is -0.885. The molecule has 1 heterocycles. The molecule has 0 fully saturated rings. The lowest BCUT2D eigenvalue weighted by atomic mass is 10.1. The lowest BCUT2D eigenvalue weighted by Crippen LogP contribution is -2.31. The molecule has 0 radical (unpaired) electrons. The summed E-state index contributed by atoms with van der Waals surface area (Å²) in [7, 11) is 0. The van der Waals surface area contributed by atoms with Crippen LogP contribution in [-0.4, -0.2) is 16.7 Å². The number of carbonyl (C=O) groups is 2. The maximum atomic E-state index is 12.6. The standard InChI is InChI=1S/C19H17ClN2O2/c1-12-8-9-15(10-13(12)2)21-17-16(20)18(23)22(19(17)24)11-14-6-4-3-5-7-14/h3-10,21H,11H2,1-2H3. The first-order valence-corrected chi connectivity index (χ1v) is 7.99. The lowest BCUT2D eigenvalue weighted by Gasteiger charge is -2.15. The zero-order valence-corrected chi connectivity index (χ0v) is 14.2. The number of nitrogens with zero attached hydrogens (tertiary/aromatic N) is 1. The van der Waals surface area contributed by atoms with Crippen LogP contribution in [-0.2, 0) is 16.1 Å². The van der Waals surface area contributed by atoms with E-state index in [1.54, 1.807) is 0 Å². The van der Waals surface area contributed by atoms with Crippen molar-refractivity contribution in [1.82, 2.24) is 4.90 Å². The van der Waals surface area contributed by atoms with Gasteiger partial charge in [-0.15, -0.1) is 0 Å². The highest BCUT2D eigenvalue weighted by Crippen LogP contribution is 2.27. The van der Waals surface area contributed by atoms with Gasteiger partial charge in [-0.25, -0.2) is 0 Å². The fraction of sp³-hybridized carbons (Fsp3) is 0.158. The molecule has 1 aliphatic rings. The largest absolute Gasteiger partial charge is 0.350 e. The van der Waals surface area contributed by atoms with E-state index in [0.29, 0.717) is 0 Å². The Morgan fingerprint density at radius 1 is 0.958 bits per heavy atom. The first kappa shape index (κ1) is 16.3. The number of amides is 2. The third kappa shape index (κ3) is 3.05. The minimum atomic E-state index is -0.475. The Balaban J connectivity index is 1.82. The van der Waals surface area contributed by atoms with Crippen LogP contribution in [0.1, 0.15) is 16.7 Å². The summed E-state index contributed by atoms with van der Waals surface area (Å²) < 4.78 is 0. The molecule has 0 bridgehead atoms. The highest BCUT2D eigenvalue weighted by molar-refractivity contribution is 6.48. The number of carbonyl (C=O) groups excluding carboxylic acids is 2. The van der Waals surface area contributed by atoms with Gasteiger partial charge in [0.2, 0.25) is 0 Å². The first-order chi connectivity index (χ1) is 11.5. The Labute approximate surface area is 145 Å². The Kier molecular flexibility index (Phi) is 4.40. The average Bonchev–Trinajstić information content (AvgIpc) is 2.77. The van der Waals surface area contributed by atoms with Crippen molar-refractivity contribution in [2.75, 3.05) is 5.32 Å². The summed E-state index contributed by atoms with van der Waals surface area (Å²) in [5, 5.41) is 2.92. The summed E-state index contributed by atoms with van der Waals surface area (Å²) in [5.41, 5.74) is 3.97. The highest BCUT2D eigenvalue weighted by atomic mass is 35.5. The molecule has 0 aromatic heterocycles. The van der Waals surface area contributed by atoms with Crippen LogP contribution >= 0.6 is 11.6 Å². The van der Waals surface area contributed by atoms with Crippen LogP contribution < -0.4 is 5.32 Å². The van der Waals surface area contributed by atoms with Crippen molar-refractivity contribution in [3.63, 3.8) is 0 Å². The maximum Gasteiger partial charge on any atom is 0.279 e. The van der Waals surface area contributed by atoms with E-state index in [1.165, 1.54) is 0 Å². The predicted molar refractivity (Wildman–Crippen MR) is 94.4 cm³/mol. The number of hydrogen-bond acceptors (Lipinski definition) is 3. The monoisotopic (exact) mass is 340 g/mol. The number of anilines is 1. The quantitative estimate of drug-likeness (QED) is 0.863. The second-order valence-electron chi connectivity index (χ2n) is 5.80. The van der Waals surface area contributed by atoms with Crippen molar-refractivity contribution in [2.24, 2.45) is 0 Å². The number of hydrogen-bond donors (Lipinski definition) is 1. The van der Waals surface area contributed by atoms with Gasteiger partial charge in [-0.3, -0.25) is 14.5 Å². The van der Waals surface area contributed by atoms with E-state index in [2.05, 4.69) is 5.32 Å². The molecule has 5 heteroatoms. The van der Waals surface area contributed by atoms with E-state index in [1.807, 2.05) is 62.4 Å². The van der Waals surface area contributed by atoms with Crippen LogP contribution in [0.2, 0.25) is 0 Å². The summed E-state index contributed by atoms with van der Waals surface area (Å²) in [6.07, 6.45) is 0. The Morgan fingerprint density at radius 2 is 1.67 bits per heavy atom. The van der Waals surface area contributed by atoms with Crippen molar-refractivity contribution < 1.29 is 9.59 Å². The fourth-order valence-electron chi connectivity index (χ4n) is 2.53. The molecule has 0 unspecified atom stereocenters. The third-order valence-corrected chi connectivity index (χ3v) is 4.42. The van der Waals surface area contributed by atoms with Crippen molar-refractivity contribution in [1.29, 1.82) is 0 Å². The van der Waals surface area contributed by atoms with Gasteiger partial charge < -0.3 is 5.32 Å². The number of halogens is 1. The number of benzene rings is 2. The zero-order valence-electron chi connectivity index (χ0n) is 13.5. The van der Waals surface area contributed by atoms with Gasteiger partial charge in [0.1, 0.15) is 10.7 Å². The zero-order chi connectivity index (χ0) is 17.3. The smallest absolute Gasteiger partial charge is 0.279 e. The molecule has 2 amide bonds. The predicted octanol–water partition coefficient (Wildman–Crippen LogP) is 3.73. The van der Waals surface area contributed by atoms with Crippen LogP contribution in [0.15, 0.2) is 59.3 Å². The Hall–Kier alpha value is -2.59. The molecule has 2 aromatic rings. The van der Waals surface area contributed by atoms with Crippen molar-refractivity contribution >= 4 is 29.1 Å². The van der Waals surface area contributed by atoms with E-state index in [0.717, 1.165) is 27.3 Å². The lowest BCUT2D eigenvalue weighted by molar-refractivity contribution is -0.138. The van der Waals surface area contributed by atoms with Crippen LogP contribution in [0.25, 0.3) is 0 Å². The SMILES string of the molecule is Cc1ccc(NC2=C(Cl)C(=O)N(Cc3ccccc3)C2=O)cc1C. The molecule has 4 nitrogen and oxygen atoms in total. The molecule has 1 N–H and O–H groups in total. The molecule has 122 valence electrons. The van der Waals surface area contributed by atoms with Crippen molar-refractivity contribution in [3.05, 3.63) is 76.0 Å². The topological polar surface area (TPSA) is 49.4 Å². The van der Waals surface area contributed by atoms with Gasteiger partial charge in [-0.05, 0) is 42.7 Å². The second kappa shape index (κ2) is 6.49. The molecule has 0 atom stereocenters. The summed E-state index contributed by atoms with van der Waals surface area (Å²) >= 11 is 6.11. The van der Waals surface area contributed by atoms with Gasteiger partial charge >= 0.3 is 0 Å². The number of rotatable bonds is 4. The molecule has 0 spiro atoms. The average molecular weight is 341 g/mol. The molecule has 0 saturated heterocycles. The maximum absolute atomic E-state index is 12.6. The molecule has 0 saturated carbocycles. The summed E-state index contributed by atoms with van der Waals surface area (Å²) in [6.45, 7) is 4.20. The first-order valence-electron chi connectivity index (χ1n) is 7.61. The van der Waals surface area contributed by atoms with Crippen LogP contribution in [0, 0.1) is 13.8 Å². The molecule has 1 aliphatic heterocycles. The van der Waals surface area contributed by atoms with Crippen LogP contribution in [0.3, 0.4) is 0 Å². The summed E-state index contributed by atoms with van der Waals surface area (Å²) in [6, 6.07) is 15.1. The van der Waals surface area contributed by atoms with Gasteiger partial charge in [-0.2, -0.15) is 0 Å². The minimum Gasteiger partial charge on any atom is -0.350 e. The summed E-state index contributed by atoms with van der Waals surface area (Å²) in [4.78, 5) is 26.1. The van der Waals surface area contributed by atoms with E-state index >= 15 is 0 Å². The van der Waals surface area contributed by atoms with Gasteiger partial charge in [0, 0.05) is 5.69 Å². The van der Waals surface area contributed by atoms with Gasteiger partial charge in [-0.1, -0.05) is 48.0 Å². The number of nitrogens with one attached hydrogen (secondary N) is 1. The molecule has 3 rings (SSSR count). The fourth-order valence-corrected chi connectivity index (χ4v) is 2.76. The van der Waals surface area contributed by atoms with Gasteiger partial charge in [0.25, 0.3) is 11.8 Å². The number of imide groups is 1.